The molecule has 1 aliphatic carbocycles. The molecule has 0 atom stereocenters. The van der Waals surface area contributed by atoms with E-state index in [1.807, 2.05) is 0 Å². The van der Waals surface area contributed by atoms with Gasteiger partial charge in [0.2, 0.25) is 0 Å². The molecule has 0 saturated carbocycles. The normalized spacial score (nSPS) is 19.2. The molecule has 2 N–H and O–H groups in total. The molecule has 2 nitrogen and oxygen atoms in total. The van der Waals surface area contributed by atoms with Crippen molar-refractivity contribution in [1.29, 1.82) is 0 Å². The van der Waals surface area contributed by atoms with Crippen LogP contribution < -0.4 is 0 Å². The first-order valence-electron chi connectivity index (χ1n) is 9.62. The molecule has 33 heavy (non-hydrogen) atoms. The van der Waals surface area contributed by atoms with Gasteiger partial charge in [-0.2, -0.15) is 26.3 Å². The molecule has 4 aromatic rings. The molecule has 0 bridgehead atoms. The van der Waals surface area contributed by atoms with Crippen LogP contribution in [0.25, 0.3) is 31.3 Å². The number of thiophene rings is 2. The van der Waals surface area contributed by atoms with Crippen LogP contribution in [0.4, 0.5) is 26.3 Å². The van der Waals surface area contributed by atoms with E-state index in [0.29, 0.717) is 9.40 Å². The van der Waals surface area contributed by atoms with E-state index in [4.69, 9.17) is 0 Å². The number of halogens is 6. The fraction of sp³-hybridized carbons (Fsp3) is 0.217. The number of phenolic OH excluding ortho intramolecular Hbond substituents is 2. The maximum Gasteiger partial charge on any atom is 0.380 e. The van der Waals surface area contributed by atoms with Crippen molar-refractivity contribution < 1.29 is 36.6 Å². The van der Waals surface area contributed by atoms with Crippen molar-refractivity contribution in [2.75, 3.05) is 0 Å². The Hall–Kier alpha value is -2.72. The van der Waals surface area contributed by atoms with Gasteiger partial charge in [0.1, 0.15) is 11.5 Å². The van der Waals surface area contributed by atoms with E-state index in [2.05, 4.69) is 0 Å². The number of fused-ring (bicyclic) bond motifs is 2. The Morgan fingerprint density at radius 3 is 1.73 bits per heavy atom. The molecule has 172 valence electrons. The molecule has 0 amide bonds. The molecule has 1 aliphatic rings. The van der Waals surface area contributed by atoms with Crippen LogP contribution >= 0.6 is 22.7 Å². The highest BCUT2D eigenvalue weighted by Gasteiger charge is 2.80. The Labute approximate surface area is 191 Å². The zero-order chi connectivity index (χ0) is 24.1. The van der Waals surface area contributed by atoms with Gasteiger partial charge in [0, 0.05) is 52.2 Å². The van der Waals surface area contributed by atoms with Crippen LogP contribution in [0.1, 0.15) is 20.9 Å². The van der Waals surface area contributed by atoms with E-state index in [-0.39, 0.29) is 32.0 Å². The monoisotopic (exact) mass is 500 g/mol. The van der Waals surface area contributed by atoms with E-state index >= 15 is 17.6 Å². The predicted octanol–water partition coefficient (Wildman–Crippen LogP) is 7.97. The van der Waals surface area contributed by atoms with E-state index in [9.17, 15) is 19.0 Å². The number of hydrogen-bond acceptors (Lipinski definition) is 4. The van der Waals surface area contributed by atoms with Crippen LogP contribution in [-0.2, 0) is 0 Å². The Morgan fingerprint density at radius 1 is 0.636 bits per heavy atom. The molecule has 0 radical (unpaired) electrons. The quantitative estimate of drug-likeness (QED) is 0.274. The third-order valence-electron chi connectivity index (χ3n) is 5.86. The summed E-state index contributed by atoms with van der Waals surface area (Å²) in [5.41, 5.74) is -3.70. The SMILES string of the molecule is Cc1sc2cc(O)ccc2c1C1=C(c2c(C)sc3ccc(O)cc23)C(F)(F)C(F)(F)C1(F)F. The third kappa shape index (κ3) is 2.73. The van der Waals surface area contributed by atoms with E-state index in [0.717, 1.165) is 28.7 Å². The highest BCUT2D eigenvalue weighted by atomic mass is 32.1. The number of aryl methyl sites for hydroxylation is 2. The second kappa shape index (κ2) is 6.66. The number of phenols is 2. The topological polar surface area (TPSA) is 40.5 Å². The largest absolute Gasteiger partial charge is 0.508 e. The summed E-state index contributed by atoms with van der Waals surface area (Å²) >= 11 is 1.92. The van der Waals surface area contributed by atoms with Crippen LogP contribution in [-0.4, -0.2) is 28.0 Å². The summed E-state index contributed by atoms with van der Waals surface area (Å²) in [6.45, 7) is 2.78. The first kappa shape index (κ1) is 22.1. The third-order valence-corrected chi connectivity index (χ3v) is 8.02. The minimum absolute atomic E-state index is 0.00647. The minimum Gasteiger partial charge on any atom is -0.508 e. The van der Waals surface area contributed by atoms with Crippen molar-refractivity contribution in [3.05, 3.63) is 57.3 Å². The van der Waals surface area contributed by atoms with Gasteiger partial charge in [-0.3, -0.25) is 0 Å². The number of alkyl halides is 6. The van der Waals surface area contributed by atoms with Gasteiger partial charge in [0.25, 0.3) is 0 Å². The molecule has 5 rings (SSSR count). The van der Waals surface area contributed by atoms with Gasteiger partial charge in [-0.25, -0.2) is 0 Å². The molecule has 2 heterocycles. The maximum absolute atomic E-state index is 15.3. The van der Waals surface area contributed by atoms with Crippen LogP contribution in [0.3, 0.4) is 0 Å². The number of allylic oxidation sites excluding steroid dienone is 2. The fourth-order valence-electron chi connectivity index (χ4n) is 4.43. The van der Waals surface area contributed by atoms with Crippen molar-refractivity contribution in [3.8, 4) is 11.5 Å². The summed E-state index contributed by atoms with van der Waals surface area (Å²) < 4.78 is 91.5. The summed E-state index contributed by atoms with van der Waals surface area (Å²) in [5, 5.41) is 19.7. The highest BCUT2D eigenvalue weighted by Crippen LogP contribution is 2.67. The minimum atomic E-state index is -5.68. The van der Waals surface area contributed by atoms with Crippen LogP contribution in [0.15, 0.2) is 36.4 Å². The molecular formula is C23H14F6O2S2. The lowest BCUT2D eigenvalue weighted by molar-refractivity contribution is -0.254. The summed E-state index contributed by atoms with van der Waals surface area (Å²) in [7, 11) is 0. The van der Waals surface area contributed by atoms with Crippen molar-refractivity contribution in [2.45, 2.75) is 31.6 Å². The van der Waals surface area contributed by atoms with Crippen molar-refractivity contribution in [1.82, 2.24) is 0 Å². The molecule has 0 saturated heterocycles. The average molecular weight is 500 g/mol. The molecule has 2 aromatic carbocycles. The second-order valence-electron chi connectivity index (χ2n) is 7.90. The van der Waals surface area contributed by atoms with Gasteiger partial charge in [-0.1, -0.05) is 0 Å². The number of aromatic hydroxyl groups is 2. The number of hydrogen-bond donors (Lipinski definition) is 2. The first-order chi connectivity index (χ1) is 15.3. The Morgan fingerprint density at radius 2 is 1.12 bits per heavy atom. The first-order valence-corrected chi connectivity index (χ1v) is 11.3. The summed E-state index contributed by atoms with van der Waals surface area (Å²) in [6, 6.07) is 7.54. The van der Waals surface area contributed by atoms with E-state index < -0.39 is 40.0 Å². The molecule has 2 aromatic heterocycles. The lowest BCUT2D eigenvalue weighted by Gasteiger charge is -2.26. The van der Waals surface area contributed by atoms with Crippen molar-refractivity contribution in [2.24, 2.45) is 0 Å². The second-order valence-corrected chi connectivity index (χ2v) is 10.4. The van der Waals surface area contributed by atoms with E-state index in [1.54, 1.807) is 0 Å². The van der Waals surface area contributed by atoms with E-state index in [1.165, 1.54) is 44.2 Å². The lowest BCUT2D eigenvalue weighted by atomic mass is 9.91. The van der Waals surface area contributed by atoms with Crippen LogP contribution in [0.5, 0.6) is 11.5 Å². The van der Waals surface area contributed by atoms with Gasteiger partial charge < -0.3 is 10.2 Å². The Balaban J connectivity index is 2.00. The Bertz CT molecular complexity index is 1500. The Kier molecular flexibility index (Phi) is 4.46. The molecule has 0 spiro atoms. The van der Waals surface area contributed by atoms with Crippen molar-refractivity contribution >= 4 is 54.0 Å². The molecule has 0 unspecified atom stereocenters. The maximum atomic E-state index is 15.3. The van der Waals surface area contributed by atoms with Gasteiger partial charge in [-0.05, 0) is 50.2 Å². The van der Waals surface area contributed by atoms with Crippen LogP contribution in [0, 0.1) is 13.8 Å². The molecular weight excluding hydrogens is 486 g/mol. The zero-order valence-corrected chi connectivity index (χ0v) is 18.6. The van der Waals surface area contributed by atoms with Crippen LogP contribution in [0.2, 0.25) is 0 Å². The standard InChI is InChI=1S/C23H14F6O2S2/c1-9-17(13-5-3-12(31)8-16(13)33-9)19-20(22(26,27)23(28,29)21(19,24)25)18-10(2)32-15-6-4-11(30)7-14(15)18/h3-8,30-31H,1-2H3. The van der Waals surface area contributed by atoms with Crippen molar-refractivity contribution in [3.63, 3.8) is 0 Å². The highest BCUT2D eigenvalue weighted by molar-refractivity contribution is 7.19. The molecule has 0 fully saturated rings. The number of benzene rings is 2. The predicted molar refractivity (Wildman–Crippen MR) is 118 cm³/mol. The zero-order valence-electron chi connectivity index (χ0n) is 16.9. The summed E-state index contributed by atoms with van der Waals surface area (Å²) in [4.78, 5) is 0.280. The molecule has 0 aliphatic heterocycles. The lowest BCUT2D eigenvalue weighted by Crippen LogP contribution is -2.48. The summed E-state index contributed by atoms with van der Waals surface area (Å²) in [5.74, 6) is -16.5. The fourth-order valence-corrected chi connectivity index (χ4v) is 6.58. The average Bonchev–Trinajstić information content (AvgIpc) is 3.22. The van der Waals surface area contributed by atoms with Gasteiger partial charge in [-0.15, -0.1) is 22.7 Å². The smallest absolute Gasteiger partial charge is 0.380 e. The number of rotatable bonds is 2. The van der Waals surface area contributed by atoms with Gasteiger partial charge >= 0.3 is 17.8 Å². The van der Waals surface area contributed by atoms with Gasteiger partial charge in [0.05, 0.1) is 0 Å². The van der Waals surface area contributed by atoms with Gasteiger partial charge in [0.15, 0.2) is 0 Å². The molecule has 10 heteroatoms. The summed E-state index contributed by atoms with van der Waals surface area (Å²) in [6.07, 6.45) is 0.